The molecule has 5 nitrogen and oxygen atoms in total. The van der Waals surface area contributed by atoms with Crippen LogP contribution in [0.3, 0.4) is 0 Å². The van der Waals surface area contributed by atoms with Crippen LogP contribution in [-0.4, -0.2) is 30.1 Å². The van der Waals surface area contributed by atoms with Gasteiger partial charge in [-0.15, -0.1) is 0 Å². The molecule has 0 aromatic heterocycles. The molecule has 0 bridgehead atoms. The van der Waals surface area contributed by atoms with Crippen molar-refractivity contribution in [1.29, 1.82) is 0 Å². The largest absolute Gasteiger partial charge is 0.478 e. The maximum atomic E-state index is 12.3. The number of hydrogen-bond donors (Lipinski definition) is 3. The summed E-state index contributed by atoms with van der Waals surface area (Å²) in [5.41, 5.74) is 0.727. The fourth-order valence-electron chi connectivity index (χ4n) is 2.58. The first-order valence-corrected chi connectivity index (χ1v) is 6.89. The predicted molar refractivity (Wildman–Crippen MR) is 75.5 cm³/mol. The monoisotopic (exact) mass is 276 g/mol. The Kier molecular flexibility index (Phi) is 4.39. The zero-order chi connectivity index (χ0) is 14.6. The van der Waals surface area contributed by atoms with Gasteiger partial charge in [0.05, 0.1) is 11.0 Å². The van der Waals surface area contributed by atoms with Gasteiger partial charge >= 0.3 is 5.97 Å². The second-order valence-electron chi connectivity index (χ2n) is 5.25. The third-order valence-electron chi connectivity index (χ3n) is 4.03. The Bertz CT molecular complexity index is 508. The van der Waals surface area contributed by atoms with Gasteiger partial charge in [-0.25, -0.2) is 4.79 Å². The molecule has 1 amide bonds. The number of hydrogen-bond acceptors (Lipinski definition) is 3. The molecule has 0 spiro atoms. The van der Waals surface area contributed by atoms with Crippen LogP contribution in [0, 0.1) is 5.41 Å². The molecule has 1 aliphatic heterocycles. The van der Waals surface area contributed by atoms with Gasteiger partial charge in [-0.1, -0.05) is 19.1 Å². The normalized spacial score (nSPS) is 21.6. The SMILES string of the molecule is CCC1(C(=O)NCc2cccc(C(=O)O)c2)CCNC1. The third-order valence-corrected chi connectivity index (χ3v) is 4.03. The summed E-state index contributed by atoms with van der Waals surface area (Å²) in [6.07, 6.45) is 1.66. The number of nitrogens with one attached hydrogen (secondary N) is 2. The molecule has 1 saturated heterocycles. The number of carbonyl (C=O) groups is 2. The Morgan fingerprint density at radius 3 is 2.85 bits per heavy atom. The Balaban J connectivity index is 1.99. The molecule has 20 heavy (non-hydrogen) atoms. The van der Waals surface area contributed by atoms with E-state index in [0.29, 0.717) is 13.1 Å². The van der Waals surface area contributed by atoms with E-state index in [2.05, 4.69) is 10.6 Å². The summed E-state index contributed by atoms with van der Waals surface area (Å²) in [6, 6.07) is 6.64. The first-order valence-electron chi connectivity index (χ1n) is 6.89. The molecule has 1 aromatic carbocycles. The Labute approximate surface area is 118 Å². The minimum Gasteiger partial charge on any atom is -0.478 e. The van der Waals surface area contributed by atoms with Crippen molar-refractivity contribution in [2.24, 2.45) is 5.41 Å². The van der Waals surface area contributed by atoms with Crippen LogP contribution in [0.4, 0.5) is 0 Å². The van der Waals surface area contributed by atoms with Gasteiger partial charge in [0.25, 0.3) is 0 Å². The Hall–Kier alpha value is -1.88. The molecule has 5 heteroatoms. The highest BCUT2D eigenvalue weighted by molar-refractivity contribution is 5.87. The molecule has 108 valence electrons. The van der Waals surface area contributed by atoms with Crippen molar-refractivity contribution in [1.82, 2.24) is 10.6 Å². The lowest BCUT2D eigenvalue weighted by Crippen LogP contribution is -2.41. The van der Waals surface area contributed by atoms with Gasteiger partial charge in [-0.05, 0) is 37.1 Å². The summed E-state index contributed by atoms with van der Waals surface area (Å²) in [5, 5.41) is 15.1. The van der Waals surface area contributed by atoms with Crippen LogP contribution in [0.15, 0.2) is 24.3 Å². The highest BCUT2D eigenvalue weighted by Crippen LogP contribution is 2.29. The van der Waals surface area contributed by atoms with Crippen molar-refractivity contribution in [3.05, 3.63) is 35.4 Å². The van der Waals surface area contributed by atoms with Crippen molar-refractivity contribution >= 4 is 11.9 Å². The summed E-state index contributed by atoms with van der Waals surface area (Å²) in [4.78, 5) is 23.2. The van der Waals surface area contributed by atoms with Crippen molar-refractivity contribution in [2.45, 2.75) is 26.3 Å². The summed E-state index contributed by atoms with van der Waals surface area (Å²) in [7, 11) is 0. The second kappa shape index (κ2) is 6.05. The summed E-state index contributed by atoms with van der Waals surface area (Å²) < 4.78 is 0. The lowest BCUT2D eigenvalue weighted by Gasteiger charge is -2.25. The van der Waals surface area contributed by atoms with E-state index in [1.165, 1.54) is 0 Å². The standard InChI is InChI=1S/C15H20N2O3/c1-2-15(6-7-16-10-15)14(20)17-9-11-4-3-5-12(8-11)13(18)19/h3-5,8,16H,2,6-7,9-10H2,1H3,(H,17,20)(H,18,19). The molecule has 1 atom stereocenters. The topological polar surface area (TPSA) is 78.4 Å². The number of carbonyl (C=O) groups excluding carboxylic acids is 1. The lowest BCUT2D eigenvalue weighted by molar-refractivity contribution is -0.130. The van der Waals surface area contributed by atoms with E-state index in [4.69, 9.17) is 5.11 Å². The smallest absolute Gasteiger partial charge is 0.335 e. The zero-order valence-corrected chi connectivity index (χ0v) is 11.6. The van der Waals surface area contributed by atoms with Crippen LogP contribution < -0.4 is 10.6 Å². The number of aromatic carboxylic acids is 1. The number of benzene rings is 1. The van der Waals surface area contributed by atoms with E-state index in [1.54, 1.807) is 18.2 Å². The molecule has 1 aromatic rings. The lowest BCUT2D eigenvalue weighted by atomic mass is 9.83. The van der Waals surface area contributed by atoms with Crippen LogP contribution in [0.1, 0.15) is 35.7 Å². The van der Waals surface area contributed by atoms with Crippen LogP contribution in [0.5, 0.6) is 0 Å². The summed E-state index contributed by atoms with van der Waals surface area (Å²) in [6.45, 7) is 3.97. The molecule has 0 radical (unpaired) electrons. The van der Waals surface area contributed by atoms with Gasteiger partial charge in [-0.2, -0.15) is 0 Å². The van der Waals surface area contributed by atoms with E-state index < -0.39 is 5.97 Å². The number of rotatable bonds is 5. The van der Waals surface area contributed by atoms with E-state index in [0.717, 1.165) is 24.9 Å². The van der Waals surface area contributed by atoms with Crippen molar-refractivity contribution in [3.8, 4) is 0 Å². The molecular formula is C15H20N2O3. The van der Waals surface area contributed by atoms with Gasteiger partial charge in [0.15, 0.2) is 0 Å². The quantitative estimate of drug-likeness (QED) is 0.759. The number of carboxylic acid groups (broad SMARTS) is 1. The molecule has 3 N–H and O–H groups in total. The average molecular weight is 276 g/mol. The molecule has 1 aliphatic rings. The predicted octanol–water partition coefficient (Wildman–Crippen LogP) is 1.39. The Morgan fingerprint density at radius 1 is 1.45 bits per heavy atom. The van der Waals surface area contributed by atoms with Crippen LogP contribution in [0.2, 0.25) is 0 Å². The molecule has 0 aliphatic carbocycles. The fraction of sp³-hybridized carbons (Fsp3) is 0.467. The van der Waals surface area contributed by atoms with Gasteiger partial charge in [-0.3, -0.25) is 4.79 Å². The molecule has 1 unspecified atom stereocenters. The molecule has 1 fully saturated rings. The van der Waals surface area contributed by atoms with Crippen molar-refractivity contribution in [3.63, 3.8) is 0 Å². The van der Waals surface area contributed by atoms with Gasteiger partial charge < -0.3 is 15.7 Å². The molecule has 1 heterocycles. The summed E-state index contributed by atoms with van der Waals surface area (Å²) >= 11 is 0. The second-order valence-corrected chi connectivity index (χ2v) is 5.25. The van der Waals surface area contributed by atoms with Crippen LogP contribution in [-0.2, 0) is 11.3 Å². The Morgan fingerprint density at radius 2 is 2.25 bits per heavy atom. The molecular weight excluding hydrogens is 256 g/mol. The van der Waals surface area contributed by atoms with Crippen LogP contribution in [0.25, 0.3) is 0 Å². The van der Waals surface area contributed by atoms with E-state index >= 15 is 0 Å². The highest BCUT2D eigenvalue weighted by Gasteiger charge is 2.39. The maximum absolute atomic E-state index is 12.3. The first kappa shape index (κ1) is 14.5. The molecule has 0 saturated carbocycles. The van der Waals surface area contributed by atoms with E-state index in [1.807, 2.05) is 13.0 Å². The minimum absolute atomic E-state index is 0.0470. The minimum atomic E-state index is -0.955. The van der Waals surface area contributed by atoms with Gasteiger partial charge in [0, 0.05) is 13.1 Å². The molecule has 2 rings (SSSR count). The average Bonchev–Trinajstić information content (AvgIpc) is 2.95. The highest BCUT2D eigenvalue weighted by atomic mass is 16.4. The zero-order valence-electron chi connectivity index (χ0n) is 11.6. The van der Waals surface area contributed by atoms with Crippen LogP contribution >= 0.6 is 0 Å². The number of carboxylic acids is 1. The van der Waals surface area contributed by atoms with E-state index in [9.17, 15) is 9.59 Å². The fourth-order valence-corrected chi connectivity index (χ4v) is 2.58. The first-order chi connectivity index (χ1) is 9.57. The third kappa shape index (κ3) is 2.99. The summed E-state index contributed by atoms with van der Waals surface area (Å²) in [5.74, 6) is -0.908. The number of amides is 1. The van der Waals surface area contributed by atoms with Gasteiger partial charge in [0.2, 0.25) is 5.91 Å². The van der Waals surface area contributed by atoms with Crippen molar-refractivity contribution < 1.29 is 14.7 Å². The maximum Gasteiger partial charge on any atom is 0.335 e. The van der Waals surface area contributed by atoms with E-state index in [-0.39, 0.29) is 16.9 Å². The van der Waals surface area contributed by atoms with Gasteiger partial charge in [0.1, 0.15) is 0 Å². The van der Waals surface area contributed by atoms with Crippen molar-refractivity contribution in [2.75, 3.05) is 13.1 Å².